The zero-order valence-electron chi connectivity index (χ0n) is 11.2. The van der Waals surface area contributed by atoms with Crippen molar-refractivity contribution in [3.05, 3.63) is 53.4 Å². The van der Waals surface area contributed by atoms with Crippen molar-refractivity contribution < 1.29 is 4.21 Å². The summed E-state index contributed by atoms with van der Waals surface area (Å²) in [5, 5.41) is 5.40. The fourth-order valence-corrected chi connectivity index (χ4v) is 4.98. The number of thiophene rings is 1. The second kappa shape index (κ2) is 6.98. The van der Waals surface area contributed by atoms with Gasteiger partial charge in [-0.1, -0.05) is 43.3 Å². The monoisotopic (exact) mass is 293 g/mol. The third kappa shape index (κ3) is 3.32. The first kappa shape index (κ1) is 14.4. The fraction of sp³-hybridized carbons (Fsp3) is 0.333. The maximum Gasteiger partial charge on any atom is 0.0914 e. The number of benzene rings is 1. The van der Waals surface area contributed by atoms with Gasteiger partial charge < -0.3 is 5.32 Å². The molecule has 3 unspecified atom stereocenters. The number of hydrogen-bond acceptors (Lipinski definition) is 3. The molecule has 0 amide bonds. The van der Waals surface area contributed by atoms with E-state index < -0.39 is 10.8 Å². The van der Waals surface area contributed by atoms with Crippen LogP contribution in [0.2, 0.25) is 0 Å². The lowest BCUT2D eigenvalue weighted by atomic mass is 10.0. The van der Waals surface area contributed by atoms with Gasteiger partial charge in [-0.2, -0.15) is 0 Å². The van der Waals surface area contributed by atoms with Crippen LogP contribution in [0.5, 0.6) is 0 Å². The van der Waals surface area contributed by atoms with E-state index >= 15 is 0 Å². The van der Waals surface area contributed by atoms with Crippen molar-refractivity contribution in [1.29, 1.82) is 0 Å². The van der Waals surface area contributed by atoms with E-state index in [0.717, 1.165) is 10.6 Å². The molecule has 1 heterocycles. The lowest BCUT2D eigenvalue weighted by molar-refractivity contribution is 0.539. The van der Waals surface area contributed by atoms with Crippen LogP contribution in [0.15, 0.2) is 52.1 Å². The Morgan fingerprint density at radius 2 is 1.95 bits per heavy atom. The summed E-state index contributed by atoms with van der Waals surface area (Å²) in [4.78, 5) is 0. The molecule has 0 aliphatic rings. The van der Waals surface area contributed by atoms with Crippen molar-refractivity contribution in [2.24, 2.45) is 0 Å². The summed E-state index contributed by atoms with van der Waals surface area (Å²) in [5.41, 5.74) is 1.20. The van der Waals surface area contributed by atoms with Gasteiger partial charge in [0.1, 0.15) is 0 Å². The summed E-state index contributed by atoms with van der Waals surface area (Å²) >= 11 is 1.57. The SMILES string of the molecule is CCC(C(NC)c1ccccc1)S(=O)c1cccs1. The average Bonchev–Trinajstić information content (AvgIpc) is 2.99. The molecular weight excluding hydrogens is 274 g/mol. The molecule has 1 N–H and O–H groups in total. The molecule has 2 nitrogen and oxygen atoms in total. The van der Waals surface area contributed by atoms with Gasteiger partial charge in [0.25, 0.3) is 0 Å². The number of rotatable bonds is 6. The van der Waals surface area contributed by atoms with Gasteiger partial charge in [-0.15, -0.1) is 11.3 Å². The highest BCUT2D eigenvalue weighted by atomic mass is 32.2. The highest BCUT2D eigenvalue weighted by Gasteiger charge is 2.27. The predicted molar refractivity (Wildman–Crippen MR) is 83.0 cm³/mol. The Morgan fingerprint density at radius 3 is 2.47 bits per heavy atom. The quantitative estimate of drug-likeness (QED) is 0.882. The minimum absolute atomic E-state index is 0.0889. The van der Waals surface area contributed by atoms with Crippen LogP contribution in [0.4, 0.5) is 0 Å². The van der Waals surface area contributed by atoms with Gasteiger partial charge in [0.15, 0.2) is 0 Å². The molecule has 2 aromatic rings. The van der Waals surface area contributed by atoms with Crippen LogP contribution in [0.25, 0.3) is 0 Å². The second-order valence-electron chi connectivity index (χ2n) is 4.35. The standard InChI is InChI=1S/C15H19NOS2/c1-3-13(19(17)14-10-7-11-18-14)15(16-2)12-8-5-4-6-9-12/h4-11,13,15-16H,3H2,1-2H3. The molecule has 0 bridgehead atoms. The average molecular weight is 293 g/mol. The summed E-state index contributed by atoms with van der Waals surface area (Å²) in [6, 6.07) is 14.3. The Kier molecular flexibility index (Phi) is 5.31. The molecular formula is C15H19NOS2. The van der Waals surface area contributed by atoms with Crippen molar-refractivity contribution in [3.63, 3.8) is 0 Å². The summed E-state index contributed by atoms with van der Waals surface area (Å²) < 4.78 is 13.7. The molecule has 19 heavy (non-hydrogen) atoms. The molecule has 4 heteroatoms. The van der Waals surface area contributed by atoms with Crippen molar-refractivity contribution in [2.75, 3.05) is 7.05 Å². The number of nitrogens with one attached hydrogen (secondary N) is 1. The summed E-state index contributed by atoms with van der Waals surface area (Å²) in [5.74, 6) is 0. The van der Waals surface area contributed by atoms with E-state index in [4.69, 9.17) is 0 Å². The fourth-order valence-electron chi connectivity index (χ4n) is 2.27. The van der Waals surface area contributed by atoms with Gasteiger partial charge in [0.2, 0.25) is 0 Å². The zero-order chi connectivity index (χ0) is 13.7. The normalized spacial score (nSPS) is 15.9. The molecule has 1 aromatic carbocycles. The smallest absolute Gasteiger partial charge is 0.0914 e. The van der Waals surface area contributed by atoms with E-state index in [1.54, 1.807) is 11.3 Å². The Labute approximate surface area is 121 Å². The maximum absolute atomic E-state index is 12.7. The molecule has 0 saturated carbocycles. The van der Waals surface area contributed by atoms with Crippen LogP contribution < -0.4 is 5.32 Å². The molecule has 0 radical (unpaired) electrons. The molecule has 0 aliphatic heterocycles. The van der Waals surface area contributed by atoms with Crippen molar-refractivity contribution in [3.8, 4) is 0 Å². The number of hydrogen-bond donors (Lipinski definition) is 1. The summed E-state index contributed by atoms with van der Waals surface area (Å²) in [6.07, 6.45) is 0.880. The van der Waals surface area contributed by atoms with Crippen LogP contribution in [-0.2, 0) is 10.8 Å². The largest absolute Gasteiger partial charge is 0.312 e. The van der Waals surface area contributed by atoms with Crippen molar-refractivity contribution in [1.82, 2.24) is 5.32 Å². The van der Waals surface area contributed by atoms with Gasteiger partial charge >= 0.3 is 0 Å². The predicted octanol–water partition coefficient (Wildman–Crippen LogP) is 3.60. The Hall–Kier alpha value is -0.970. The first-order chi connectivity index (χ1) is 9.27. The van der Waals surface area contributed by atoms with Crippen LogP contribution in [0.3, 0.4) is 0 Å². The lowest BCUT2D eigenvalue weighted by Gasteiger charge is -2.25. The summed E-state index contributed by atoms with van der Waals surface area (Å²) in [6.45, 7) is 2.10. The third-order valence-corrected chi connectivity index (χ3v) is 6.34. The summed E-state index contributed by atoms with van der Waals surface area (Å²) in [7, 11) is 0.972. The minimum Gasteiger partial charge on any atom is -0.312 e. The second-order valence-corrected chi connectivity index (χ2v) is 7.20. The lowest BCUT2D eigenvalue weighted by Crippen LogP contribution is -2.32. The maximum atomic E-state index is 12.7. The van der Waals surface area contributed by atoms with Gasteiger partial charge in [-0.05, 0) is 30.5 Å². The van der Waals surface area contributed by atoms with Crippen LogP contribution in [-0.4, -0.2) is 16.5 Å². The van der Waals surface area contributed by atoms with Crippen molar-refractivity contribution in [2.45, 2.75) is 28.8 Å². The molecule has 3 atom stereocenters. The van der Waals surface area contributed by atoms with E-state index in [-0.39, 0.29) is 11.3 Å². The van der Waals surface area contributed by atoms with E-state index in [2.05, 4.69) is 24.4 Å². The van der Waals surface area contributed by atoms with Gasteiger partial charge in [0, 0.05) is 6.04 Å². The third-order valence-electron chi connectivity index (χ3n) is 3.21. The highest BCUT2D eigenvalue weighted by molar-refractivity contribution is 7.88. The molecule has 0 aliphatic carbocycles. The van der Waals surface area contributed by atoms with E-state index in [1.807, 2.05) is 42.8 Å². The first-order valence-electron chi connectivity index (χ1n) is 6.44. The van der Waals surface area contributed by atoms with E-state index in [0.29, 0.717) is 0 Å². The van der Waals surface area contributed by atoms with Crippen molar-refractivity contribution >= 4 is 22.1 Å². The molecule has 0 fully saturated rings. The van der Waals surface area contributed by atoms with Gasteiger partial charge in [-0.25, -0.2) is 0 Å². The molecule has 2 rings (SSSR count). The Balaban J connectivity index is 2.27. The zero-order valence-corrected chi connectivity index (χ0v) is 12.8. The first-order valence-corrected chi connectivity index (χ1v) is 8.53. The highest BCUT2D eigenvalue weighted by Crippen LogP contribution is 2.28. The topological polar surface area (TPSA) is 29.1 Å². The van der Waals surface area contributed by atoms with Crippen LogP contribution in [0, 0.1) is 0 Å². The van der Waals surface area contributed by atoms with E-state index in [1.165, 1.54) is 5.56 Å². The molecule has 102 valence electrons. The molecule has 0 saturated heterocycles. The molecule has 0 spiro atoms. The molecule has 1 aromatic heterocycles. The van der Waals surface area contributed by atoms with Gasteiger partial charge in [0.05, 0.1) is 20.3 Å². The van der Waals surface area contributed by atoms with E-state index in [9.17, 15) is 4.21 Å². The minimum atomic E-state index is -0.965. The Morgan fingerprint density at radius 1 is 1.21 bits per heavy atom. The Bertz CT molecular complexity index is 510. The van der Waals surface area contributed by atoms with Crippen LogP contribution in [0.1, 0.15) is 24.9 Å². The van der Waals surface area contributed by atoms with Crippen LogP contribution >= 0.6 is 11.3 Å². The van der Waals surface area contributed by atoms with Gasteiger partial charge in [-0.3, -0.25) is 4.21 Å².